The zero-order valence-corrected chi connectivity index (χ0v) is 17.3. The quantitative estimate of drug-likeness (QED) is 0.695. The van der Waals surface area contributed by atoms with Crippen LogP contribution in [0.15, 0.2) is 23.8 Å². The largest absolute Gasteiger partial charge is 0.462 e. The van der Waals surface area contributed by atoms with Gasteiger partial charge in [0.15, 0.2) is 0 Å². The third-order valence-electron chi connectivity index (χ3n) is 6.69. The van der Waals surface area contributed by atoms with Crippen LogP contribution in [0.2, 0.25) is 0 Å². The molecule has 3 rings (SSSR count). The maximum absolute atomic E-state index is 12.4. The highest BCUT2D eigenvalue weighted by Gasteiger charge is 2.40. The molecule has 0 radical (unpaired) electrons. The van der Waals surface area contributed by atoms with Crippen LogP contribution in [-0.4, -0.2) is 35.4 Å². The van der Waals surface area contributed by atoms with Crippen LogP contribution in [-0.2, 0) is 19.1 Å². The van der Waals surface area contributed by atoms with Crippen LogP contribution in [0.25, 0.3) is 0 Å². The van der Waals surface area contributed by atoms with Crippen LogP contribution < -0.4 is 0 Å². The molecule has 5 nitrogen and oxygen atoms in total. The number of hydrogen-bond donors (Lipinski definition) is 1. The Hall–Kier alpha value is -1.62. The Kier molecular flexibility index (Phi) is 6.97. The summed E-state index contributed by atoms with van der Waals surface area (Å²) < 4.78 is 11.4. The first-order chi connectivity index (χ1) is 13.4. The van der Waals surface area contributed by atoms with Gasteiger partial charge in [0.25, 0.3) is 0 Å². The Morgan fingerprint density at radius 2 is 2.18 bits per heavy atom. The molecule has 2 aliphatic carbocycles. The van der Waals surface area contributed by atoms with Gasteiger partial charge in [0, 0.05) is 12.3 Å². The summed E-state index contributed by atoms with van der Waals surface area (Å²) in [5.74, 6) is 0.426. The molecular weight excluding hydrogens is 356 g/mol. The molecule has 7 atom stereocenters. The van der Waals surface area contributed by atoms with Crippen LogP contribution in [0.3, 0.4) is 0 Å². The van der Waals surface area contributed by atoms with E-state index >= 15 is 0 Å². The summed E-state index contributed by atoms with van der Waals surface area (Å²) in [5, 5.41) is 9.86. The Morgan fingerprint density at radius 3 is 2.89 bits per heavy atom. The van der Waals surface area contributed by atoms with Crippen LogP contribution in [0, 0.1) is 23.7 Å². The molecule has 0 amide bonds. The van der Waals surface area contributed by atoms with E-state index < -0.39 is 6.10 Å². The molecule has 0 aromatic rings. The number of fused-ring (bicyclic) bond motifs is 1. The third-order valence-corrected chi connectivity index (χ3v) is 6.69. The summed E-state index contributed by atoms with van der Waals surface area (Å²) in [5.41, 5.74) is 1.27. The number of rotatable bonds is 6. The summed E-state index contributed by atoms with van der Waals surface area (Å²) >= 11 is 0. The molecule has 0 bridgehead atoms. The molecule has 1 fully saturated rings. The van der Waals surface area contributed by atoms with E-state index in [9.17, 15) is 14.7 Å². The lowest BCUT2D eigenvalue weighted by Gasteiger charge is -2.42. The number of allylic oxidation sites excluding steroid dienone is 3. The van der Waals surface area contributed by atoms with Gasteiger partial charge in [0.1, 0.15) is 12.2 Å². The predicted molar refractivity (Wildman–Crippen MR) is 106 cm³/mol. The highest BCUT2D eigenvalue weighted by atomic mass is 16.5. The standard InChI is InChI=1S/C23H34O5/c1-4-14(2)23(26)28-20-7-5-6-16-9-8-15(3)19(22(16)20)11-10-18-12-17(24)13-21(25)27-18/h6,8-9,14-15,17-20,22,24H,4-5,7,10-13H2,1-3H3/t14-,15-,17+,18-,19-,20-,22-/m1/s1. The number of cyclic esters (lactones) is 1. The van der Waals surface area contributed by atoms with Gasteiger partial charge < -0.3 is 14.6 Å². The minimum absolute atomic E-state index is 0.0764. The fraction of sp³-hybridized carbons (Fsp3) is 0.739. The van der Waals surface area contributed by atoms with Crippen LogP contribution in [0.5, 0.6) is 0 Å². The van der Waals surface area contributed by atoms with Crippen molar-refractivity contribution in [2.75, 3.05) is 0 Å². The molecule has 156 valence electrons. The molecule has 5 heteroatoms. The highest BCUT2D eigenvalue weighted by molar-refractivity contribution is 5.72. The number of hydrogen-bond acceptors (Lipinski definition) is 5. The molecule has 28 heavy (non-hydrogen) atoms. The van der Waals surface area contributed by atoms with E-state index in [-0.39, 0.29) is 42.4 Å². The summed E-state index contributed by atoms with van der Waals surface area (Å²) in [4.78, 5) is 24.1. The number of aliphatic hydroxyl groups excluding tert-OH is 1. The van der Waals surface area contributed by atoms with Crippen molar-refractivity contribution in [3.63, 3.8) is 0 Å². The van der Waals surface area contributed by atoms with E-state index in [0.29, 0.717) is 18.3 Å². The summed E-state index contributed by atoms with van der Waals surface area (Å²) in [7, 11) is 0. The first kappa shape index (κ1) is 21.1. The second-order valence-corrected chi connectivity index (χ2v) is 8.76. The van der Waals surface area contributed by atoms with Crippen molar-refractivity contribution >= 4 is 11.9 Å². The number of esters is 2. The van der Waals surface area contributed by atoms with Gasteiger partial charge >= 0.3 is 11.9 Å². The van der Waals surface area contributed by atoms with Gasteiger partial charge in [-0.05, 0) is 49.5 Å². The normalized spacial score (nSPS) is 36.1. The van der Waals surface area contributed by atoms with E-state index in [1.807, 2.05) is 13.8 Å². The van der Waals surface area contributed by atoms with Gasteiger partial charge in [-0.15, -0.1) is 0 Å². The molecular formula is C23H34O5. The third kappa shape index (κ3) is 4.86. The number of ether oxygens (including phenoxy) is 2. The van der Waals surface area contributed by atoms with Gasteiger partial charge in [0.2, 0.25) is 0 Å². The SMILES string of the molecule is CC[C@@H](C)C(=O)O[C@@H]1CCC=C2C=C[C@@H](C)[C@@H](CC[C@@H]3C[C@H](O)CC(=O)O3)[C@@H]21. The van der Waals surface area contributed by atoms with Crippen molar-refractivity contribution < 1.29 is 24.2 Å². The fourth-order valence-corrected chi connectivity index (χ4v) is 4.80. The minimum atomic E-state index is -0.593. The molecule has 0 unspecified atom stereocenters. The Morgan fingerprint density at radius 1 is 1.39 bits per heavy atom. The summed E-state index contributed by atoms with van der Waals surface area (Å²) in [6.07, 6.45) is 10.6. The smallest absolute Gasteiger partial charge is 0.308 e. The molecule has 1 aliphatic heterocycles. The van der Waals surface area contributed by atoms with Crippen molar-refractivity contribution in [3.8, 4) is 0 Å². The lowest BCUT2D eigenvalue weighted by atomic mass is 9.66. The van der Waals surface area contributed by atoms with Crippen LogP contribution in [0.4, 0.5) is 0 Å². The van der Waals surface area contributed by atoms with Crippen LogP contribution >= 0.6 is 0 Å². The van der Waals surface area contributed by atoms with Gasteiger partial charge in [-0.3, -0.25) is 9.59 Å². The zero-order valence-electron chi connectivity index (χ0n) is 17.3. The number of aliphatic hydroxyl groups is 1. The average molecular weight is 391 g/mol. The maximum Gasteiger partial charge on any atom is 0.308 e. The molecule has 3 aliphatic rings. The monoisotopic (exact) mass is 390 g/mol. The van der Waals surface area contributed by atoms with Crippen molar-refractivity contribution in [2.45, 2.75) is 84.0 Å². The molecule has 1 N–H and O–H groups in total. The Balaban J connectivity index is 1.70. The molecule has 1 heterocycles. The molecule has 1 saturated heterocycles. The molecule has 0 aromatic heterocycles. The van der Waals surface area contributed by atoms with E-state index in [0.717, 1.165) is 32.1 Å². The Bertz CT molecular complexity index is 637. The van der Waals surface area contributed by atoms with Gasteiger partial charge in [-0.2, -0.15) is 0 Å². The van der Waals surface area contributed by atoms with E-state index in [1.165, 1.54) is 5.57 Å². The van der Waals surface area contributed by atoms with E-state index in [4.69, 9.17) is 9.47 Å². The minimum Gasteiger partial charge on any atom is -0.462 e. The summed E-state index contributed by atoms with van der Waals surface area (Å²) in [6.45, 7) is 6.14. The first-order valence-corrected chi connectivity index (χ1v) is 10.8. The van der Waals surface area contributed by atoms with Crippen molar-refractivity contribution in [1.82, 2.24) is 0 Å². The van der Waals surface area contributed by atoms with Crippen LogP contribution in [0.1, 0.15) is 65.7 Å². The maximum atomic E-state index is 12.4. The van der Waals surface area contributed by atoms with Gasteiger partial charge in [-0.25, -0.2) is 0 Å². The van der Waals surface area contributed by atoms with E-state index in [2.05, 4.69) is 25.2 Å². The Labute approximate surface area is 168 Å². The first-order valence-electron chi connectivity index (χ1n) is 10.8. The van der Waals surface area contributed by atoms with E-state index in [1.54, 1.807) is 0 Å². The van der Waals surface area contributed by atoms with Gasteiger partial charge in [-0.1, -0.05) is 39.0 Å². The van der Waals surface area contributed by atoms with Gasteiger partial charge in [0.05, 0.1) is 18.4 Å². The second-order valence-electron chi connectivity index (χ2n) is 8.76. The zero-order chi connectivity index (χ0) is 20.3. The topological polar surface area (TPSA) is 72.8 Å². The number of carbonyl (C=O) groups is 2. The lowest BCUT2D eigenvalue weighted by molar-refractivity contribution is -0.162. The second kappa shape index (κ2) is 9.25. The summed E-state index contributed by atoms with van der Waals surface area (Å²) in [6, 6.07) is 0. The fourth-order valence-electron chi connectivity index (χ4n) is 4.80. The number of carbonyl (C=O) groups excluding carboxylic acids is 2. The van der Waals surface area contributed by atoms with Crippen molar-refractivity contribution in [3.05, 3.63) is 23.8 Å². The molecule has 0 aromatic carbocycles. The van der Waals surface area contributed by atoms with Crippen molar-refractivity contribution in [1.29, 1.82) is 0 Å². The average Bonchev–Trinajstić information content (AvgIpc) is 2.66. The molecule has 0 spiro atoms. The van der Waals surface area contributed by atoms with Crippen molar-refractivity contribution in [2.24, 2.45) is 23.7 Å². The highest BCUT2D eigenvalue weighted by Crippen LogP contribution is 2.44. The lowest BCUT2D eigenvalue weighted by Crippen LogP contribution is -2.40. The molecule has 0 saturated carbocycles. The predicted octanol–water partition coefficient (Wildman–Crippen LogP) is 3.95.